The van der Waals surface area contributed by atoms with Crippen molar-refractivity contribution < 1.29 is 9.18 Å². The summed E-state index contributed by atoms with van der Waals surface area (Å²) in [7, 11) is 0. The summed E-state index contributed by atoms with van der Waals surface area (Å²) in [6.07, 6.45) is 0.449. The monoisotopic (exact) mass is 208 g/mol. The van der Waals surface area contributed by atoms with Crippen molar-refractivity contribution in [3.63, 3.8) is 0 Å². The number of carbonyl (C=O) groups excluding carboxylic acids is 1. The van der Waals surface area contributed by atoms with Crippen LogP contribution in [0.1, 0.15) is 18.0 Å². The summed E-state index contributed by atoms with van der Waals surface area (Å²) < 4.78 is 13.5. The van der Waals surface area contributed by atoms with Gasteiger partial charge in [-0.1, -0.05) is 18.2 Å². The van der Waals surface area contributed by atoms with Crippen molar-refractivity contribution in [2.45, 2.75) is 12.5 Å². The molecule has 0 aromatic heterocycles. The Morgan fingerprint density at radius 2 is 2.13 bits per heavy atom. The van der Waals surface area contributed by atoms with Gasteiger partial charge in [0.2, 0.25) is 5.91 Å². The lowest BCUT2D eigenvalue weighted by molar-refractivity contribution is -0.121. The first-order valence-corrected chi connectivity index (χ1v) is 5.02. The Labute approximate surface area is 87.7 Å². The standard InChI is InChI=1S/C11H13FN2O/c12-9-4-2-1-3-8(9)10-7-13-6-5-11(15)14-10/h1-4,10,13H,5-7H2,(H,14,15). The predicted octanol–water partition coefficient (Wildman–Crippen LogP) is 0.976. The minimum Gasteiger partial charge on any atom is -0.348 e. The lowest BCUT2D eigenvalue weighted by atomic mass is 10.1. The molecule has 2 rings (SSSR count). The summed E-state index contributed by atoms with van der Waals surface area (Å²) in [6.45, 7) is 1.23. The zero-order chi connectivity index (χ0) is 10.7. The fourth-order valence-electron chi connectivity index (χ4n) is 1.71. The maximum absolute atomic E-state index is 13.5. The molecule has 3 nitrogen and oxygen atoms in total. The molecule has 1 aromatic carbocycles. The Hall–Kier alpha value is -1.42. The highest BCUT2D eigenvalue weighted by atomic mass is 19.1. The van der Waals surface area contributed by atoms with Gasteiger partial charge in [0, 0.05) is 25.1 Å². The van der Waals surface area contributed by atoms with E-state index in [-0.39, 0.29) is 17.8 Å². The highest BCUT2D eigenvalue weighted by molar-refractivity contribution is 5.77. The fourth-order valence-corrected chi connectivity index (χ4v) is 1.71. The van der Waals surface area contributed by atoms with E-state index in [1.807, 2.05) is 0 Å². The molecule has 1 saturated heterocycles. The lowest BCUT2D eigenvalue weighted by Gasteiger charge is -2.16. The zero-order valence-corrected chi connectivity index (χ0v) is 8.29. The SMILES string of the molecule is O=C1CCNCC(c2ccccc2F)N1. The summed E-state index contributed by atoms with van der Waals surface area (Å²) in [5.74, 6) is -0.306. The molecule has 1 amide bonds. The molecule has 2 N–H and O–H groups in total. The quantitative estimate of drug-likeness (QED) is 0.722. The van der Waals surface area contributed by atoms with Gasteiger partial charge in [-0.2, -0.15) is 0 Å². The molecule has 1 aliphatic rings. The number of hydrogen-bond donors (Lipinski definition) is 2. The van der Waals surface area contributed by atoms with Crippen molar-refractivity contribution in [3.05, 3.63) is 35.6 Å². The Balaban J connectivity index is 2.22. The van der Waals surface area contributed by atoms with Crippen LogP contribution in [0.5, 0.6) is 0 Å². The van der Waals surface area contributed by atoms with Gasteiger partial charge in [0.1, 0.15) is 5.82 Å². The Kier molecular flexibility index (Phi) is 2.97. The van der Waals surface area contributed by atoms with Crippen LogP contribution in [0.3, 0.4) is 0 Å². The third-order valence-corrected chi connectivity index (χ3v) is 2.49. The van der Waals surface area contributed by atoms with Crippen molar-refractivity contribution in [2.75, 3.05) is 13.1 Å². The number of halogens is 1. The number of carbonyl (C=O) groups is 1. The molecule has 15 heavy (non-hydrogen) atoms. The first-order chi connectivity index (χ1) is 7.27. The number of benzene rings is 1. The number of hydrogen-bond acceptors (Lipinski definition) is 2. The van der Waals surface area contributed by atoms with E-state index < -0.39 is 0 Å². The second-order valence-corrected chi connectivity index (χ2v) is 3.60. The summed E-state index contributed by atoms with van der Waals surface area (Å²) in [6, 6.07) is 6.26. The van der Waals surface area contributed by atoms with Crippen LogP contribution in [0.15, 0.2) is 24.3 Å². The third kappa shape index (κ3) is 2.33. The van der Waals surface area contributed by atoms with Crippen LogP contribution in [0.4, 0.5) is 4.39 Å². The van der Waals surface area contributed by atoms with E-state index >= 15 is 0 Å². The van der Waals surface area contributed by atoms with Gasteiger partial charge in [-0.3, -0.25) is 4.79 Å². The van der Waals surface area contributed by atoms with Crippen LogP contribution in [-0.2, 0) is 4.79 Å². The van der Waals surface area contributed by atoms with Crippen LogP contribution in [-0.4, -0.2) is 19.0 Å². The van der Waals surface area contributed by atoms with E-state index in [1.54, 1.807) is 18.2 Å². The Morgan fingerprint density at radius 3 is 2.93 bits per heavy atom. The van der Waals surface area contributed by atoms with Crippen LogP contribution in [0.25, 0.3) is 0 Å². The maximum Gasteiger partial charge on any atom is 0.221 e. The Bertz CT molecular complexity index is 367. The highest BCUT2D eigenvalue weighted by Gasteiger charge is 2.19. The van der Waals surface area contributed by atoms with Crippen LogP contribution >= 0.6 is 0 Å². The van der Waals surface area contributed by atoms with Gasteiger partial charge in [-0.15, -0.1) is 0 Å². The van der Waals surface area contributed by atoms with Gasteiger partial charge in [0.25, 0.3) is 0 Å². The molecule has 1 fully saturated rings. The smallest absolute Gasteiger partial charge is 0.221 e. The van der Waals surface area contributed by atoms with Crippen LogP contribution < -0.4 is 10.6 Å². The second kappa shape index (κ2) is 4.40. The van der Waals surface area contributed by atoms with Gasteiger partial charge >= 0.3 is 0 Å². The molecule has 1 unspecified atom stereocenters. The van der Waals surface area contributed by atoms with Crippen LogP contribution in [0.2, 0.25) is 0 Å². The summed E-state index contributed by atoms with van der Waals surface area (Å²) in [5, 5.41) is 5.90. The molecule has 0 radical (unpaired) electrons. The van der Waals surface area contributed by atoms with Crippen molar-refractivity contribution >= 4 is 5.91 Å². The molecule has 1 atom stereocenters. The topological polar surface area (TPSA) is 41.1 Å². The third-order valence-electron chi connectivity index (χ3n) is 2.49. The molecule has 0 bridgehead atoms. The van der Waals surface area contributed by atoms with Crippen molar-refractivity contribution in [2.24, 2.45) is 0 Å². The predicted molar refractivity (Wildman–Crippen MR) is 54.8 cm³/mol. The fraction of sp³-hybridized carbons (Fsp3) is 0.364. The van der Waals surface area contributed by atoms with Gasteiger partial charge in [0.15, 0.2) is 0 Å². The number of nitrogens with one attached hydrogen (secondary N) is 2. The summed E-state index contributed by atoms with van der Waals surface area (Å²) >= 11 is 0. The van der Waals surface area contributed by atoms with Gasteiger partial charge in [-0.25, -0.2) is 4.39 Å². The van der Waals surface area contributed by atoms with E-state index in [0.29, 0.717) is 25.1 Å². The normalized spacial score (nSPS) is 21.9. The van der Waals surface area contributed by atoms with Crippen molar-refractivity contribution in [1.29, 1.82) is 0 Å². The second-order valence-electron chi connectivity index (χ2n) is 3.60. The highest BCUT2D eigenvalue weighted by Crippen LogP contribution is 2.17. The van der Waals surface area contributed by atoms with Gasteiger partial charge < -0.3 is 10.6 Å². The molecule has 4 heteroatoms. The molecule has 1 aromatic rings. The van der Waals surface area contributed by atoms with E-state index in [2.05, 4.69) is 10.6 Å². The summed E-state index contributed by atoms with van der Waals surface area (Å²) in [5.41, 5.74) is 0.542. The van der Waals surface area contributed by atoms with Crippen molar-refractivity contribution in [1.82, 2.24) is 10.6 Å². The van der Waals surface area contributed by atoms with E-state index in [0.717, 1.165) is 0 Å². The van der Waals surface area contributed by atoms with Gasteiger partial charge in [-0.05, 0) is 6.07 Å². The minimum atomic E-state index is -0.272. The molecule has 80 valence electrons. The zero-order valence-electron chi connectivity index (χ0n) is 8.29. The molecular formula is C11H13FN2O. The molecule has 0 saturated carbocycles. The average molecular weight is 208 g/mol. The molecule has 0 aliphatic carbocycles. The first kappa shape index (κ1) is 10.1. The molecule has 0 spiro atoms. The van der Waals surface area contributed by atoms with Crippen molar-refractivity contribution in [3.8, 4) is 0 Å². The lowest BCUT2D eigenvalue weighted by Crippen LogP contribution is -2.30. The average Bonchev–Trinajstić information content (AvgIpc) is 2.43. The molecular weight excluding hydrogens is 195 g/mol. The Morgan fingerprint density at radius 1 is 1.33 bits per heavy atom. The minimum absolute atomic E-state index is 0.0340. The van der Waals surface area contributed by atoms with E-state index in [4.69, 9.17) is 0 Å². The number of amides is 1. The van der Waals surface area contributed by atoms with Gasteiger partial charge in [0.05, 0.1) is 6.04 Å². The van der Waals surface area contributed by atoms with E-state index in [9.17, 15) is 9.18 Å². The van der Waals surface area contributed by atoms with E-state index in [1.165, 1.54) is 6.07 Å². The summed E-state index contributed by atoms with van der Waals surface area (Å²) in [4.78, 5) is 11.3. The first-order valence-electron chi connectivity index (χ1n) is 5.02. The maximum atomic E-state index is 13.5. The number of rotatable bonds is 1. The van der Waals surface area contributed by atoms with Crippen LogP contribution in [0, 0.1) is 5.82 Å². The largest absolute Gasteiger partial charge is 0.348 e. The molecule has 1 heterocycles. The molecule has 1 aliphatic heterocycles.